The van der Waals surface area contributed by atoms with Crippen LogP contribution in [0.25, 0.3) is 12.2 Å². The molecule has 0 amide bonds. The zero-order chi connectivity index (χ0) is 22.5. The Morgan fingerprint density at radius 2 is 0.824 bits per heavy atom. The second-order valence-corrected chi connectivity index (χ2v) is 10.9. The molecule has 0 fully saturated rings. The molecular formula is C30H20Cl2SiTi. The van der Waals surface area contributed by atoms with Crippen LogP contribution in [0.1, 0.15) is 33.4 Å². The molecule has 6 rings (SSSR count). The van der Waals surface area contributed by atoms with E-state index < -0.39 is 9.75 Å². The summed E-state index contributed by atoms with van der Waals surface area (Å²) in [5, 5.41) is 2.35. The normalized spacial score (nSPS) is 22.3. The van der Waals surface area contributed by atoms with Crippen LogP contribution in [0, 0.1) is 0 Å². The van der Waals surface area contributed by atoms with Crippen molar-refractivity contribution in [3.63, 3.8) is 0 Å². The van der Waals surface area contributed by atoms with Gasteiger partial charge >= 0.3 is 0 Å². The first-order valence-corrected chi connectivity index (χ1v) is 12.8. The number of halogens is 2. The van der Waals surface area contributed by atoms with Gasteiger partial charge in [0.15, 0.2) is 0 Å². The molecule has 2 radical (unpaired) electrons. The van der Waals surface area contributed by atoms with Crippen LogP contribution in [0.2, 0.25) is 0 Å². The molecule has 2 unspecified atom stereocenters. The van der Waals surface area contributed by atoms with Gasteiger partial charge in [-0.1, -0.05) is 132 Å². The van der Waals surface area contributed by atoms with E-state index >= 15 is 0 Å². The molecule has 0 N–H and O–H groups in total. The zero-order valence-electron chi connectivity index (χ0n) is 18.3. The summed E-state index contributed by atoms with van der Waals surface area (Å²) in [6.45, 7) is 0. The molecule has 0 saturated carbocycles. The van der Waals surface area contributed by atoms with E-state index in [9.17, 15) is 0 Å². The van der Waals surface area contributed by atoms with Crippen LogP contribution in [0.4, 0.5) is 0 Å². The van der Waals surface area contributed by atoms with Gasteiger partial charge in [0, 0.05) is 21.7 Å². The second kappa shape index (κ2) is 9.15. The molecule has 2 aliphatic carbocycles. The monoisotopic (exact) mass is 526 g/mol. The van der Waals surface area contributed by atoms with Crippen molar-refractivity contribution in [2.24, 2.45) is 0 Å². The predicted octanol–water partition coefficient (Wildman–Crippen LogP) is 7.76. The Morgan fingerprint density at radius 1 is 0.471 bits per heavy atom. The minimum atomic E-state index is -0.708. The molecule has 0 nitrogen and oxygen atoms in total. The molecule has 0 aliphatic heterocycles. The number of benzene rings is 4. The Balaban J connectivity index is 0.00000241. The van der Waals surface area contributed by atoms with Crippen molar-refractivity contribution in [3.05, 3.63) is 153 Å². The molecule has 0 saturated heterocycles. The molecule has 0 aromatic heterocycles. The summed E-state index contributed by atoms with van der Waals surface area (Å²) in [6.07, 6.45) is 4.53. The van der Waals surface area contributed by atoms with Crippen LogP contribution in [-0.4, -0.2) is 9.52 Å². The van der Waals surface area contributed by atoms with E-state index in [0.717, 1.165) is 22.3 Å². The minimum Gasteiger partial charge on any atom is -0.104 e. The number of rotatable bonds is 4. The number of alkyl halides is 2. The summed E-state index contributed by atoms with van der Waals surface area (Å²) in [5.74, 6) is 0. The van der Waals surface area contributed by atoms with Gasteiger partial charge in [0.2, 0.25) is 0 Å². The standard InChI is InChI=1S/C30H20Cl2Si.Ti/c31-29(23-13-3-1-4-14-23)25-17-9-7-11-21(25)19-27(29)33-28-20-22-12-8-10-18-26(22)30(28,32)24-15-5-2-6-16-24;/h1-20H;. The molecular weight excluding hydrogens is 507 g/mol. The molecule has 0 heterocycles. The fourth-order valence-electron chi connectivity index (χ4n) is 5.02. The van der Waals surface area contributed by atoms with Gasteiger partial charge in [0.1, 0.15) is 19.3 Å². The Hall–Kier alpha value is -2.13. The maximum Gasteiger partial charge on any atom is 0.116 e. The average molecular weight is 527 g/mol. The van der Waals surface area contributed by atoms with E-state index in [0.29, 0.717) is 9.52 Å². The van der Waals surface area contributed by atoms with Crippen LogP contribution in [0.15, 0.2) is 120 Å². The first-order valence-electron chi connectivity index (χ1n) is 11.0. The third kappa shape index (κ3) is 3.54. The van der Waals surface area contributed by atoms with E-state index in [4.69, 9.17) is 23.2 Å². The molecule has 162 valence electrons. The number of hydrogen-bond donors (Lipinski definition) is 0. The van der Waals surface area contributed by atoms with Crippen molar-refractivity contribution in [2.45, 2.75) is 9.75 Å². The van der Waals surface area contributed by atoms with Gasteiger partial charge in [0.25, 0.3) is 0 Å². The number of fused-ring (bicyclic) bond motifs is 2. The third-order valence-electron chi connectivity index (χ3n) is 6.62. The maximum atomic E-state index is 7.59. The van der Waals surface area contributed by atoms with Gasteiger partial charge < -0.3 is 0 Å². The zero-order valence-corrected chi connectivity index (χ0v) is 22.4. The molecule has 4 aromatic carbocycles. The Kier molecular flexibility index (Phi) is 6.35. The molecule has 0 spiro atoms. The van der Waals surface area contributed by atoms with Gasteiger partial charge in [-0.05, 0) is 33.4 Å². The van der Waals surface area contributed by atoms with Gasteiger partial charge in [0.05, 0.1) is 0 Å². The summed E-state index contributed by atoms with van der Waals surface area (Å²) in [4.78, 5) is -1.42. The molecule has 2 atom stereocenters. The molecule has 4 heteroatoms. The first-order chi connectivity index (χ1) is 16.1. The molecule has 2 aliphatic rings. The van der Waals surface area contributed by atoms with Gasteiger partial charge in [-0.3, -0.25) is 0 Å². The van der Waals surface area contributed by atoms with Crippen LogP contribution >= 0.6 is 23.2 Å². The van der Waals surface area contributed by atoms with Crippen LogP contribution in [0.5, 0.6) is 0 Å². The second-order valence-electron chi connectivity index (χ2n) is 8.46. The fourth-order valence-corrected chi connectivity index (χ4v) is 7.66. The summed E-state index contributed by atoms with van der Waals surface area (Å²) >= 11 is 15.2. The number of hydrogen-bond acceptors (Lipinski definition) is 0. The van der Waals surface area contributed by atoms with Crippen molar-refractivity contribution in [3.8, 4) is 0 Å². The predicted molar refractivity (Wildman–Crippen MR) is 141 cm³/mol. The van der Waals surface area contributed by atoms with Crippen LogP contribution in [0.3, 0.4) is 0 Å². The van der Waals surface area contributed by atoms with Crippen LogP contribution in [-0.2, 0) is 31.5 Å². The fraction of sp³-hybridized carbons (Fsp3) is 0.0667. The van der Waals surface area contributed by atoms with Crippen molar-refractivity contribution in [1.82, 2.24) is 0 Å². The van der Waals surface area contributed by atoms with E-state index in [-0.39, 0.29) is 21.7 Å². The molecule has 34 heavy (non-hydrogen) atoms. The summed E-state index contributed by atoms with van der Waals surface area (Å²) in [6, 6.07) is 37.7. The quantitative estimate of drug-likeness (QED) is 0.188. The first kappa shape index (κ1) is 23.6. The smallest absolute Gasteiger partial charge is 0.104 e. The SMILES string of the molecule is ClC1(c2ccccc2)C([Si]C2=Cc3ccccc3C2(Cl)c2ccccc2)=Cc2ccccc21.[Ti]. The topological polar surface area (TPSA) is 0 Å². The minimum absolute atomic E-state index is 0. The Labute approximate surface area is 228 Å². The van der Waals surface area contributed by atoms with Gasteiger partial charge in [-0.15, -0.1) is 23.2 Å². The van der Waals surface area contributed by atoms with E-state index in [1.54, 1.807) is 0 Å². The van der Waals surface area contributed by atoms with Gasteiger partial charge in [-0.25, -0.2) is 0 Å². The number of allylic oxidation sites excluding steroid dienone is 2. The molecule has 4 aromatic rings. The molecule has 0 bridgehead atoms. The van der Waals surface area contributed by atoms with Crippen LogP contribution < -0.4 is 0 Å². The summed E-state index contributed by atoms with van der Waals surface area (Å²) in [7, 11) is 0.344. The third-order valence-corrected chi connectivity index (χ3v) is 9.76. The Bertz CT molecular complexity index is 1310. The van der Waals surface area contributed by atoms with Crippen molar-refractivity contribution in [1.29, 1.82) is 0 Å². The summed E-state index contributed by atoms with van der Waals surface area (Å²) < 4.78 is 0. The van der Waals surface area contributed by atoms with E-state index in [2.05, 4.69) is 109 Å². The largest absolute Gasteiger partial charge is 0.116 e. The Morgan fingerprint density at radius 3 is 1.24 bits per heavy atom. The van der Waals surface area contributed by atoms with E-state index in [1.807, 2.05) is 12.1 Å². The maximum absolute atomic E-state index is 7.59. The van der Waals surface area contributed by atoms with E-state index in [1.165, 1.54) is 21.5 Å². The van der Waals surface area contributed by atoms with Crippen molar-refractivity contribution >= 4 is 44.9 Å². The summed E-state index contributed by atoms with van der Waals surface area (Å²) in [5.41, 5.74) is 6.80. The van der Waals surface area contributed by atoms with Gasteiger partial charge in [-0.2, -0.15) is 0 Å². The van der Waals surface area contributed by atoms with Crippen molar-refractivity contribution in [2.75, 3.05) is 0 Å². The van der Waals surface area contributed by atoms with Crippen molar-refractivity contribution < 1.29 is 21.7 Å². The average Bonchev–Trinajstić information content (AvgIpc) is 3.33.